The van der Waals surface area contributed by atoms with Crippen LogP contribution in [0.2, 0.25) is 0 Å². The van der Waals surface area contributed by atoms with E-state index in [0.717, 1.165) is 28.4 Å². The van der Waals surface area contributed by atoms with Crippen LogP contribution < -0.4 is 5.32 Å². The van der Waals surface area contributed by atoms with Crippen LogP contribution in [0.15, 0.2) is 35.5 Å². The second-order valence-electron chi connectivity index (χ2n) is 5.81. The third-order valence-corrected chi connectivity index (χ3v) is 5.15. The molecule has 1 heterocycles. The molecule has 0 radical (unpaired) electrons. The Morgan fingerprint density at radius 3 is 2.71 bits per heavy atom. The number of benzene rings is 1. The van der Waals surface area contributed by atoms with E-state index in [1.807, 2.05) is 24.3 Å². The fourth-order valence-electron chi connectivity index (χ4n) is 2.64. The molecule has 0 bridgehead atoms. The largest absolute Gasteiger partial charge is 0.462 e. The molecule has 5 nitrogen and oxygen atoms in total. The third kappa shape index (κ3) is 4.09. The van der Waals surface area contributed by atoms with Gasteiger partial charge in [0.2, 0.25) is 0 Å². The molecule has 0 aromatic heterocycles. The van der Waals surface area contributed by atoms with Gasteiger partial charge in [0.15, 0.2) is 0 Å². The van der Waals surface area contributed by atoms with Crippen LogP contribution in [-0.4, -0.2) is 30.6 Å². The van der Waals surface area contributed by atoms with Gasteiger partial charge in [0, 0.05) is 16.3 Å². The second-order valence-corrected chi connectivity index (χ2v) is 6.97. The molecule has 2 rings (SSSR count). The van der Waals surface area contributed by atoms with Crippen molar-refractivity contribution in [2.45, 2.75) is 39.2 Å². The molecule has 0 saturated heterocycles. The number of hydrogen-bond acceptors (Lipinski definition) is 3. The normalized spacial score (nSPS) is 17.8. The molecule has 24 heavy (non-hydrogen) atoms. The number of hydrogen-bond donors (Lipinski definition) is 1. The Kier molecular flexibility index (Phi) is 6.65. The summed E-state index contributed by atoms with van der Waals surface area (Å²) in [6.07, 6.45) is 2.95. The van der Waals surface area contributed by atoms with E-state index in [4.69, 9.17) is 4.74 Å². The average Bonchev–Trinajstić information content (AvgIpc) is 2.56. The lowest BCUT2D eigenvalue weighted by Crippen LogP contribution is -2.46. The predicted octanol–water partition coefficient (Wildman–Crippen LogP) is 3.99. The summed E-state index contributed by atoms with van der Waals surface area (Å²) in [5, 5.41) is 2.91. The topological polar surface area (TPSA) is 58.6 Å². The van der Waals surface area contributed by atoms with E-state index in [0.29, 0.717) is 17.9 Å². The van der Waals surface area contributed by atoms with Crippen molar-refractivity contribution in [3.63, 3.8) is 0 Å². The van der Waals surface area contributed by atoms with Crippen LogP contribution in [0.3, 0.4) is 0 Å². The maximum absolute atomic E-state index is 12.7. The lowest BCUT2D eigenvalue weighted by Gasteiger charge is -2.33. The minimum absolute atomic E-state index is 0.223. The molecule has 0 spiro atoms. The van der Waals surface area contributed by atoms with Gasteiger partial charge in [-0.15, -0.1) is 0 Å². The molecular weight excluding hydrogens is 419 g/mol. The number of unbranched alkanes of at least 4 members (excludes halogenated alkanes) is 2. The minimum Gasteiger partial charge on any atom is -0.462 e. The number of amides is 2. The first-order chi connectivity index (χ1) is 11.5. The van der Waals surface area contributed by atoms with E-state index in [1.54, 1.807) is 14.0 Å². The van der Waals surface area contributed by atoms with Gasteiger partial charge in [-0.3, -0.25) is 0 Å². The maximum atomic E-state index is 12.7. The molecule has 1 aliphatic heterocycles. The molecule has 0 saturated carbocycles. The quantitative estimate of drug-likeness (QED) is 0.412. The third-order valence-electron chi connectivity index (χ3n) is 4.17. The van der Waals surface area contributed by atoms with Crippen LogP contribution in [0.1, 0.15) is 44.7 Å². The highest BCUT2D eigenvalue weighted by molar-refractivity contribution is 14.1. The van der Waals surface area contributed by atoms with Gasteiger partial charge in [-0.25, -0.2) is 9.59 Å². The van der Waals surface area contributed by atoms with Crippen LogP contribution in [-0.2, 0) is 9.53 Å². The van der Waals surface area contributed by atoms with Crippen molar-refractivity contribution in [1.29, 1.82) is 0 Å². The van der Waals surface area contributed by atoms with Gasteiger partial charge in [0.1, 0.15) is 0 Å². The molecule has 0 unspecified atom stereocenters. The zero-order chi connectivity index (χ0) is 17.7. The van der Waals surface area contributed by atoms with Gasteiger partial charge in [0.05, 0.1) is 18.2 Å². The number of carbonyl (C=O) groups is 2. The second kappa shape index (κ2) is 8.50. The SMILES string of the molecule is CCCCCOC(=O)C1=C(C)N(C)C(=O)N[C@H]1c1ccccc1I. The number of nitrogens with zero attached hydrogens (tertiary/aromatic N) is 1. The van der Waals surface area contributed by atoms with Gasteiger partial charge < -0.3 is 15.0 Å². The molecule has 0 aliphatic carbocycles. The first-order valence-electron chi connectivity index (χ1n) is 8.13. The summed E-state index contributed by atoms with van der Waals surface area (Å²) in [6.45, 7) is 4.29. The van der Waals surface area contributed by atoms with Gasteiger partial charge in [-0.1, -0.05) is 38.0 Å². The number of rotatable bonds is 6. The Morgan fingerprint density at radius 1 is 1.33 bits per heavy atom. The molecule has 2 amide bonds. The zero-order valence-corrected chi connectivity index (χ0v) is 16.4. The fraction of sp³-hybridized carbons (Fsp3) is 0.444. The van der Waals surface area contributed by atoms with E-state index in [2.05, 4.69) is 34.8 Å². The van der Waals surface area contributed by atoms with Gasteiger partial charge in [-0.05, 0) is 47.6 Å². The molecule has 1 aliphatic rings. The Bertz CT molecular complexity index is 657. The summed E-state index contributed by atoms with van der Waals surface area (Å²) in [7, 11) is 1.65. The molecule has 1 aromatic rings. The van der Waals surface area contributed by atoms with Crippen LogP contribution in [0.25, 0.3) is 0 Å². The van der Waals surface area contributed by atoms with Crippen molar-refractivity contribution in [2.24, 2.45) is 0 Å². The van der Waals surface area contributed by atoms with Gasteiger partial charge in [-0.2, -0.15) is 0 Å². The number of ether oxygens (including phenoxy) is 1. The highest BCUT2D eigenvalue weighted by atomic mass is 127. The standard InChI is InChI=1S/C18H23IN2O3/c1-4-5-8-11-24-17(22)15-12(2)21(3)18(23)20-16(15)13-9-6-7-10-14(13)19/h6-7,9-10,16H,4-5,8,11H2,1-3H3,(H,20,23)/t16-/m0/s1. The number of carbonyl (C=O) groups excluding carboxylic acids is 2. The van der Waals surface area contributed by atoms with Crippen molar-refractivity contribution in [3.8, 4) is 0 Å². The number of halogens is 1. The molecule has 130 valence electrons. The Balaban J connectivity index is 2.32. The van der Waals surface area contributed by atoms with E-state index in [9.17, 15) is 9.59 Å². The van der Waals surface area contributed by atoms with E-state index in [1.165, 1.54) is 4.90 Å². The van der Waals surface area contributed by atoms with Gasteiger partial charge >= 0.3 is 12.0 Å². The highest BCUT2D eigenvalue weighted by Gasteiger charge is 2.35. The lowest BCUT2D eigenvalue weighted by atomic mass is 9.95. The average molecular weight is 442 g/mol. The minimum atomic E-state index is -0.486. The lowest BCUT2D eigenvalue weighted by molar-refractivity contribution is -0.139. The summed E-state index contributed by atoms with van der Waals surface area (Å²) in [5.41, 5.74) is 2.03. The molecule has 1 aromatic carbocycles. The van der Waals surface area contributed by atoms with Crippen molar-refractivity contribution in [2.75, 3.05) is 13.7 Å². The van der Waals surface area contributed by atoms with Crippen molar-refractivity contribution in [3.05, 3.63) is 44.7 Å². The molecule has 6 heteroatoms. The first kappa shape index (κ1) is 18.8. The number of allylic oxidation sites excluding steroid dienone is 1. The van der Waals surface area contributed by atoms with Crippen molar-refractivity contribution in [1.82, 2.24) is 10.2 Å². The number of nitrogens with one attached hydrogen (secondary N) is 1. The van der Waals surface area contributed by atoms with Crippen LogP contribution in [0, 0.1) is 3.57 Å². The predicted molar refractivity (Wildman–Crippen MR) is 101 cm³/mol. The smallest absolute Gasteiger partial charge is 0.338 e. The van der Waals surface area contributed by atoms with E-state index < -0.39 is 6.04 Å². The van der Waals surface area contributed by atoms with Crippen LogP contribution >= 0.6 is 22.6 Å². The van der Waals surface area contributed by atoms with Crippen molar-refractivity contribution >= 4 is 34.6 Å². The number of esters is 1. The molecular formula is C18H23IN2O3. The van der Waals surface area contributed by atoms with Crippen LogP contribution in [0.4, 0.5) is 4.79 Å². The Labute approximate surface area is 156 Å². The first-order valence-corrected chi connectivity index (χ1v) is 9.21. The van der Waals surface area contributed by atoms with Crippen LogP contribution in [0.5, 0.6) is 0 Å². The molecule has 1 N–H and O–H groups in total. The zero-order valence-electron chi connectivity index (χ0n) is 14.3. The summed E-state index contributed by atoms with van der Waals surface area (Å²) in [6, 6.07) is 7.01. The van der Waals surface area contributed by atoms with Gasteiger partial charge in [0.25, 0.3) is 0 Å². The summed E-state index contributed by atoms with van der Waals surface area (Å²) in [5.74, 6) is -0.361. The highest BCUT2D eigenvalue weighted by Crippen LogP contribution is 2.32. The van der Waals surface area contributed by atoms with Crippen molar-refractivity contribution < 1.29 is 14.3 Å². The Morgan fingerprint density at radius 2 is 2.04 bits per heavy atom. The number of urea groups is 1. The summed E-state index contributed by atoms with van der Waals surface area (Å²) >= 11 is 2.22. The Hall–Kier alpha value is -1.57. The summed E-state index contributed by atoms with van der Waals surface area (Å²) < 4.78 is 6.45. The monoisotopic (exact) mass is 442 g/mol. The molecule has 0 fully saturated rings. The van der Waals surface area contributed by atoms with E-state index in [-0.39, 0.29) is 12.0 Å². The fourth-order valence-corrected chi connectivity index (χ4v) is 3.34. The molecule has 1 atom stereocenters. The van der Waals surface area contributed by atoms with E-state index >= 15 is 0 Å². The maximum Gasteiger partial charge on any atom is 0.338 e. The summed E-state index contributed by atoms with van der Waals surface area (Å²) in [4.78, 5) is 26.3.